The molecule has 0 aliphatic carbocycles. The van der Waals surface area contributed by atoms with E-state index in [9.17, 15) is 4.79 Å². The van der Waals surface area contributed by atoms with Gasteiger partial charge in [-0.1, -0.05) is 35.9 Å². The van der Waals surface area contributed by atoms with Gasteiger partial charge < -0.3 is 10.0 Å². The third kappa shape index (κ3) is 2.91. The zero-order chi connectivity index (χ0) is 15.7. The Labute approximate surface area is 146 Å². The molecule has 0 bridgehead atoms. The van der Waals surface area contributed by atoms with Crippen LogP contribution in [0, 0.1) is 0 Å². The number of hydrogen-bond acceptors (Lipinski definition) is 4. The van der Waals surface area contributed by atoms with Crippen molar-refractivity contribution >= 4 is 57.1 Å². The number of carbonyl (C=O) groups is 1. The molecule has 22 heavy (non-hydrogen) atoms. The fourth-order valence-corrected chi connectivity index (χ4v) is 3.51. The number of rotatable bonds is 2. The zero-order valence-corrected chi connectivity index (χ0v) is 14.5. The normalized spacial score (nSPS) is 16.0. The lowest BCUT2D eigenvalue weighted by molar-refractivity contribution is 0.165. The topological polar surface area (TPSA) is 69.6 Å². The molecular weight excluding hydrogens is 419 g/mol. The van der Waals surface area contributed by atoms with Crippen LogP contribution in [-0.2, 0) is 0 Å². The van der Waals surface area contributed by atoms with Gasteiger partial charge in [0.05, 0.1) is 22.9 Å². The number of nitrogens with zero attached hydrogens (tertiary/aromatic N) is 4. The van der Waals surface area contributed by atoms with Crippen molar-refractivity contribution < 1.29 is 9.90 Å². The van der Waals surface area contributed by atoms with E-state index in [2.05, 4.69) is 15.1 Å². The summed E-state index contributed by atoms with van der Waals surface area (Å²) in [7, 11) is 0. The van der Waals surface area contributed by atoms with E-state index in [-0.39, 0.29) is 6.04 Å². The lowest BCUT2D eigenvalue weighted by atomic mass is 10.0. The number of benzene rings is 1. The van der Waals surface area contributed by atoms with E-state index in [0.29, 0.717) is 5.15 Å². The minimum absolute atomic E-state index is 0.0425. The molecule has 1 aromatic carbocycles. The fourth-order valence-electron chi connectivity index (χ4n) is 2.75. The van der Waals surface area contributed by atoms with Gasteiger partial charge in [-0.25, -0.2) is 7.91 Å². The van der Waals surface area contributed by atoms with Crippen LogP contribution in [0.5, 0.6) is 0 Å². The number of hydrogen-bond donors (Lipinski definition) is 1. The third-order valence-corrected chi connectivity index (χ3v) is 5.37. The first-order chi connectivity index (χ1) is 10.6. The first kappa shape index (κ1) is 15.5. The van der Waals surface area contributed by atoms with Crippen LogP contribution in [0.4, 0.5) is 10.6 Å². The van der Waals surface area contributed by atoms with Crippen LogP contribution in [0.1, 0.15) is 12.8 Å². The van der Waals surface area contributed by atoms with Crippen LogP contribution in [0.25, 0.3) is 10.8 Å². The molecule has 8 heteroatoms. The van der Waals surface area contributed by atoms with E-state index in [1.807, 2.05) is 47.1 Å². The van der Waals surface area contributed by atoms with Gasteiger partial charge in [0.2, 0.25) is 0 Å². The molecule has 0 radical (unpaired) electrons. The number of anilines is 1. The summed E-state index contributed by atoms with van der Waals surface area (Å²) in [5.41, 5.74) is 0. The molecule has 1 fully saturated rings. The molecule has 116 valence electrons. The van der Waals surface area contributed by atoms with Crippen molar-refractivity contribution in [1.29, 1.82) is 0 Å². The van der Waals surface area contributed by atoms with Crippen molar-refractivity contribution in [2.45, 2.75) is 18.9 Å². The average molecular weight is 433 g/mol. The van der Waals surface area contributed by atoms with Crippen molar-refractivity contribution in [3.8, 4) is 0 Å². The van der Waals surface area contributed by atoms with Crippen LogP contribution in [0.2, 0.25) is 5.15 Å². The minimum atomic E-state index is -0.893. The molecule has 1 aromatic heterocycles. The van der Waals surface area contributed by atoms with Crippen molar-refractivity contribution in [1.82, 2.24) is 13.3 Å². The van der Waals surface area contributed by atoms with E-state index >= 15 is 0 Å². The zero-order valence-electron chi connectivity index (χ0n) is 11.6. The van der Waals surface area contributed by atoms with Gasteiger partial charge in [-0.3, -0.25) is 0 Å². The summed E-state index contributed by atoms with van der Waals surface area (Å²) in [5, 5.41) is 19.6. The average Bonchev–Trinajstić information content (AvgIpc) is 2.55. The van der Waals surface area contributed by atoms with Gasteiger partial charge in [0.1, 0.15) is 0 Å². The Morgan fingerprint density at radius 2 is 1.91 bits per heavy atom. The maximum atomic E-state index is 11.0. The number of piperidine rings is 1. The Kier molecular flexibility index (Phi) is 4.53. The third-order valence-electron chi connectivity index (χ3n) is 3.89. The smallest absolute Gasteiger partial charge is 0.416 e. The van der Waals surface area contributed by atoms with E-state index in [1.165, 1.54) is 3.11 Å². The molecule has 1 aliphatic heterocycles. The highest BCUT2D eigenvalue weighted by atomic mass is 127. The first-order valence-electron chi connectivity index (χ1n) is 6.91. The van der Waals surface area contributed by atoms with Crippen LogP contribution >= 0.6 is 34.5 Å². The summed E-state index contributed by atoms with van der Waals surface area (Å²) in [6, 6.07) is 7.83. The lowest BCUT2D eigenvalue weighted by Gasteiger charge is -2.35. The lowest BCUT2D eigenvalue weighted by Crippen LogP contribution is -2.43. The summed E-state index contributed by atoms with van der Waals surface area (Å²) >= 11 is 7.96. The van der Waals surface area contributed by atoms with Gasteiger partial charge in [-0.15, -0.1) is 10.2 Å². The second kappa shape index (κ2) is 6.41. The Balaban J connectivity index is 1.83. The Morgan fingerprint density at radius 1 is 1.27 bits per heavy atom. The largest absolute Gasteiger partial charge is 0.464 e. The minimum Gasteiger partial charge on any atom is -0.464 e. The van der Waals surface area contributed by atoms with E-state index in [0.717, 1.165) is 42.5 Å². The van der Waals surface area contributed by atoms with Crippen molar-refractivity contribution in [3.63, 3.8) is 0 Å². The molecule has 3 rings (SSSR count). The molecule has 0 atom stereocenters. The summed E-state index contributed by atoms with van der Waals surface area (Å²) in [5.74, 6) is 0.814. The number of amides is 1. The highest BCUT2D eigenvalue weighted by Gasteiger charge is 2.27. The van der Waals surface area contributed by atoms with Gasteiger partial charge in [0, 0.05) is 29.9 Å². The van der Waals surface area contributed by atoms with Crippen molar-refractivity contribution in [2.24, 2.45) is 0 Å². The molecule has 1 amide bonds. The van der Waals surface area contributed by atoms with Crippen molar-refractivity contribution in [2.75, 3.05) is 18.0 Å². The molecule has 6 nitrogen and oxygen atoms in total. The van der Waals surface area contributed by atoms with Crippen molar-refractivity contribution in [3.05, 3.63) is 29.4 Å². The van der Waals surface area contributed by atoms with Crippen LogP contribution in [-0.4, -0.2) is 43.6 Å². The van der Waals surface area contributed by atoms with Crippen LogP contribution in [0.3, 0.4) is 0 Å². The monoisotopic (exact) mass is 432 g/mol. The Morgan fingerprint density at radius 3 is 2.55 bits per heavy atom. The SMILES string of the molecule is O=C(O)N(I)C1CCN(c2nnc(Cl)c3ccccc23)CC1. The summed E-state index contributed by atoms with van der Waals surface area (Å²) in [4.78, 5) is 13.2. The van der Waals surface area contributed by atoms with Gasteiger partial charge >= 0.3 is 6.09 Å². The highest BCUT2D eigenvalue weighted by molar-refractivity contribution is 14.1. The van der Waals surface area contributed by atoms with Gasteiger partial charge in [-0.05, 0) is 12.8 Å². The predicted octanol–water partition coefficient (Wildman–Crippen LogP) is 3.58. The molecule has 1 N–H and O–H groups in total. The number of fused-ring (bicyclic) bond motifs is 1. The molecule has 0 unspecified atom stereocenters. The van der Waals surface area contributed by atoms with Crippen LogP contribution < -0.4 is 4.90 Å². The molecule has 0 spiro atoms. The fraction of sp³-hybridized carbons (Fsp3) is 0.357. The summed E-state index contributed by atoms with van der Waals surface area (Å²) in [6.45, 7) is 1.50. The van der Waals surface area contributed by atoms with Gasteiger partial charge in [-0.2, -0.15) is 0 Å². The molecule has 1 aliphatic rings. The number of carboxylic acid groups (broad SMARTS) is 1. The van der Waals surface area contributed by atoms with Gasteiger partial charge in [0.15, 0.2) is 11.0 Å². The Hall–Kier alpha value is -1.35. The first-order valence-corrected chi connectivity index (χ1v) is 8.26. The molecule has 2 aromatic rings. The molecule has 0 saturated carbocycles. The maximum absolute atomic E-state index is 11.0. The predicted molar refractivity (Wildman–Crippen MR) is 93.7 cm³/mol. The molecular formula is C14H14ClIN4O2. The maximum Gasteiger partial charge on any atom is 0.416 e. The number of halogens is 2. The molecule has 1 saturated heterocycles. The quantitative estimate of drug-likeness (QED) is 0.580. The van der Waals surface area contributed by atoms with Crippen LogP contribution in [0.15, 0.2) is 24.3 Å². The molecule has 2 heterocycles. The highest BCUT2D eigenvalue weighted by Crippen LogP contribution is 2.30. The van der Waals surface area contributed by atoms with E-state index < -0.39 is 6.09 Å². The second-order valence-corrected chi connectivity index (χ2v) is 6.57. The standard InChI is InChI=1S/C14H14ClIN4O2/c15-12-10-3-1-2-4-11(10)13(18-17-12)19-7-5-9(6-8-19)20(16)14(21)22/h1-4,9H,5-8H2,(H,21,22). The van der Waals surface area contributed by atoms with E-state index in [1.54, 1.807) is 0 Å². The van der Waals surface area contributed by atoms with Gasteiger partial charge in [0.25, 0.3) is 0 Å². The summed E-state index contributed by atoms with van der Waals surface area (Å²) < 4.78 is 1.36. The second-order valence-electron chi connectivity index (χ2n) is 5.17. The Bertz CT molecular complexity index is 706. The number of aromatic nitrogens is 2. The van der Waals surface area contributed by atoms with E-state index in [4.69, 9.17) is 16.7 Å². The summed E-state index contributed by atoms with van der Waals surface area (Å²) in [6.07, 6.45) is 0.651.